The molecule has 0 bridgehead atoms. The molecule has 0 heterocycles. The summed E-state index contributed by atoms with van der Waals surface area (Å²) in [5.41, 5.74) is 1.58. The number of carbonyl (C=O) groups is 1. The molecule has 2 aromatic rings. The second-order valence-electron chi connectivity index (χ2n) is 4.53. The number of halogens is 1. The molecular formula is C16H16ClNO4. The van der Waals surface area contributed by atoms with Crippen molar-refractivity contribution in [2.45, 2.75) is 6.54 Å². The minimum Gasteiger partial charge on any atom is -0.507 e. The van der Waals surface area contributed by atoms with E-state index in [9.17, 15) is 9.90 Å². The lowest BCUT2D eigenvalue weighted by molar-refractivity contribution is 0.0602. The van der Waals surface area contributed by atoms with Gasteiger partial charge in [0.25, 0.3) is 0 Å². The minimum atomic E-state index is -0.482. The monoisotopic (exact) mass is 321 g/mol. The van der Waals surface area contributed by atoms with E-state index in [1.807, 2.05) is 0 Å². The topological polar surface area (TPSA) is 67.8 Å². The summed E-state index contributed by atoms with van der Waals surface area (Å²) in [6.07, 6.45) is 0. The van der Waals surface area contributed by atoms with E-state index in [-0.39, 0.29) is 5.75 Å². The quantitative estimate of drug-likeness (QED) is 0.826. The average molecular weight is 322 g/mol. The minimum absolute atomic E-state index is 0.112. The highest BCUT2D eigenvalue weighted by atomic mass is 35.5. The molecule has 0 radical (unpaired) electrons. The van der Waals surface area contributed by atoms with Gasteiger partial charge in [0, 0.05) is 28.9 Å². The Bertz CT molecular complexity index is 688. The van der Waals surface area contributed by atoms with Crippen LogP contribution in [0.25, 0.3) is 0 Å². The highest BCUT2D eigenvalue weighted by molar-refractivity contribution is 6.31. The highest BCUT2D eigenvalue weighted by Gasteiger charge is 2.13. The van der Waals surface area contributed by atoms with E-state index < -0.39 is 5.97 Å². The van der Waals surface area contributed by atoms with Gasteiger partial charge in [0.15, 0.2) is 0 Å². The van der Waals surface area contributed by atoms with E-state index in [1.54, 1.807) is 24.3 Å². The van der Waals surface area contributed by atoms with Gasteiger partial charge in [-0.05, 0) is 30.3 Å². The molecule has 0 aromatic heterocycles. The molecule has 2 N–H and O–H groups in total. The molecule has 0 aliphatic rings. The summed E-state index contributed by atoms with van der Waals surface area (Å²) in [5.74, 6) is 0.201. The van der Waals surface area contributed by atoms with Crippen LogP contribution in [-0.4, -0.2) is 25.3 Å². The Morgan fingerprint density at radius 2 is 2.00 bits per heavy atom. The molecule has 0 fully saturated rings. The van der Waals surface area contributed by atoms with Gasteiger partial charge in [0.1, 0.15) is 11.5 Å². The van der Waals surface area contributed by atoms with Gasteiger partial charge in [-0.1, -0.05) is 11.6 Å². The number of hydrogen-bond acceptors (Lipinski definition) is 5. The molecule has 0 unspecified atom stereocenters. The number of nitrogens with one attached hydrogen (secondary N) is 1. The third-order valence-corrected chi connectivity index (χ3v) is 3.38. The summed E-state index contributed by atoms with van der Waals surface area (Å²) in [6, 6.07) is 9.91. The molecule has 6 heteroatoms. The smallest absolute Gasteiger partial charge is 0.340 e. The summed E-state index contributed by atoms with van der Waals surface area (Å²) >= 11 is 5.90. The Kier molecular flexibility index (Phi) is 5.12. The number of methoxy groups -OCH3 is 2. The number of ether oxygens (including phenoxy) is 2. The van der Waals surface area contributed by atoms with Crippen molar-refractivity contribution in [2.24, 2.45) is 0 Å². The van der Waals surface area contributed by atoms with E-state index in [1.165, 1.54) is 26.4 Å². The number of hydrogen-bond donors (Lipinski definition) is 2. The molecule has 0 aliphatic carbocycles. The maximum absolute atomic E-state index is 11.8. The number of anilines is 1. The lowest BCUT2D eigenvalue weighted by Gasteiger charge is -2.12. The van der Waals surface area contributed by atoms with Gasteiger partial charge in [-0.15, -0.1) is 0 Å². The Morgan fingerprint density at radius 3 is 2.64 bits per heavy atom. The largest absolute Gasteiger partial charge is 0.507 e. The zero-order valence-corrected chi connectivity index (χ0v) is 13.0. The lowest BCUT2D eigenvalue weighted by atomic mass is 10.1. The zero-order valence-electron chi connectivity index (χ0n) is 12.2. The maximum atomic E-state index is 11.8. The van der Waals surface area contributed by atoms with Crippen LogP contribution in [0.15, 0.2) is 36.4 Å². The first-order valence-corrected chi connectivity index (χ1v) is 6.90. The number of phenols is 1. The molecule has 116 valence electrons. The number of rotatable bonds is 5. The SMILES string of the molecule is COC(=O)c1cc(Cl)ccc1NCc1ccc(OC)cc1O. The van der Waals surface area contributed by atoms with Crippen molar-refractivity contribution in [3.8, 4) is 11.5 Å². The van der Waals surface area contributed by atoms with Crippen LogP contribution in [0.1, 0.15) is 15.9 Å². The normalized spacial score (nSPS) is 10.1. The van der Waals surface area contributed by atoms with Gasteiger partial charge in [0.05, 0.1) is 19.8 Å². The van der Waals surface area contributed by atoms with Crippen LogP contribution >= 0.6 is 11.6 Å². The summed E-state index contributed by atoms with van der Waals surface area (Å²) in [5, 5.41) is 13.5. The summed E-state index contributed by atoms with van der Waals surface area (Å²) in [4.78, 5) is 11.8. The fourth-order valence-electron chi connectivity index (χ4n) is 1.96. The van der Waals surface area contributed by atoms with Crippen molar-refractivity contribution in [1.82, 2.24) is 0 Å². The van der Waals surface area contributed by atoms with Crippen molar-refractivity contribution < 1.29 is 19.4 Å². The fourth-order valence-corrected chi connectivity index (χ4v) is 2.13. The summed E-state index contributed by atoms with van der Waals surface area (Å²) in [7, 11) is 2.84. The lowest BCUT2D eigenvalue weighted by Crippen LogP contribution is -2.08. The standard InChI is InChI=1S/C16H16ClNO4/c1-21-12-5-3-10(15(19)8-12)9-18-14-6-4-11(17)7-13(14)16(20)22-2/h3-8,18-19H,9H2,1-2H3. The van der Waals surface area contributed by atoms with E-state index in [0.717, 1.165) is 0 Å². The van der Waals surface area contributed by atoms with Gasteiger partial charge in [0.2, 0.25) is 0 Å². The second kappa shape index (κ2) is 7.04. The predicted octanol–water partition coefficient (Wildman–Crippen LogP) is 3.45. The molecule has 5 nitrogen and oxygen atoms in total. The molecule has 0 spiro atoms. The molecule has 2 aromatic carbocycles. The van der Waals surface area contributed by atoms with Crippen LogP contribution in [0, 0.1) is 0 Å². The predicted molar refractivity (Wildman–Crippen MR) is 84.8 cm³/mol. The molecule has 22 heavy (non-hydrogen) atoms. The highest BCUT2D eigenvalue weighted by Crippen LogP contribution is 2.26. The first-order valence-electron chi connectivity index (χ1n) is 6.52. The van der Waals surface area contributed by atoms with Crippen LogP contribution < -0.4 is 10.1 Å². The molecule has 0 saturated carbocycles. The van der Waals surface area contributed by atoms with Crippen molar-refractivity contribution in [1.29, 1.82) is 0 Å². The molecule has 0 saturated heterocycles. The van der Waals surface area contributed by atoms with Gasteiger partial charge in [-0.25, -0.2) is 4.79 Å². The van der Waals surface area contributed by atoms with E-state index >= 15 is 0 Å². The van der Waals surface area contributed by atoms with Gasteiger partial charge in [-0.2, -0.15) is 0 Å². The fraction of sp³-hybridized carbons (Fsp3) is 0.188. The van der Waals surface area contributed by atoms with Crippen LogP contribution in [0.2, 0.25) is 5.02 Å². The van der Waals surface area contributed by atoms with E-state index in [4.69, 9.17) is 21.1 Å². The third kappa shape index (κ3) is 3.62. The summed E-state index contributed by atoms with van der Waals surface area (Å²) < 4.78 is 9.77. The van der Waals surface area contributed by atoms with Crippen LogP contribution in [0.5, 0.6) is 11.5 Å². The van der Waals surface area contributed by atoms with Gasteiger partial charge < -0.3 is 19.9 Å². The first kappa shape index (κ1) is 16.0. The van der Waals surface area contributed by atoms with E-state index in [2.05, 4.69) is 5.32 Å². The van der Waals surface area contributed by atoms with E-state index in [0.29, 0.717) is 34.1 Å². The van der Waals surface area contributed by atoms with Crippen molar-refractivity contribution in [3.05, 3.63) is 52.5 Å². The Balaban J connectivity index is 2.20. The van der Waals surface area contributed by atoms with Gasteiger partial charge >= 0.3 is 5.97 Å². The Morgan fingerprint density at radius 1 is 1.23 bits per heavy atom. The summed E-state index contributed by atoms with van der Waals surface area (Å²) in [6.45, 7) is 0.335. The van der Waals surface area contributed by atoms with Crippen LogP contribution in [0.3, 0.4) is 0 Å². The van der Waals surface area contributed by atoms with Gasteiger partial charge in [-0.3, -0.25) is 0 Å². The molecular weight excluding hydrogens is 306 g/mol. The maximum Gasteiger partial charge on any atom is 0.340 e. The van der Waals surface area contributed by atoms with Crippen LogP contribution in [-0.2, 0) is 11.3 Å². The zero-order chi connectivity index (χ0) is 16.1. The van der Waals surface area contributed by atoms with Crippen molar-refractivity contribution in [2.75, 3.05) is 19.5 Å². The number of carbonyl (C=O) groups excluding carboxylic acids is 1. The number of aromatic hydroxyl groups is 1. The second-order valence-corrected chi connectivity index (χ2v) is 4.97. The molecule has 0 aliphatic heterocycles. The van der Waals surface area contributed by atoms with Crippen molar-refractivity contribution >= 4 is 23.3 Å². The molecule has 0 amide bonds. The Hall–Kier alpha value is -2.40. The first-order chi connectivity index (χ1) is 10.5. The third-order valence-electron chi connectivity index (χ3n) is 3.15. The number of esters is 1. The number of phenolic OH excluding ortho intramolecular Hbond substituents is 1. The molecule has 0 atom stereocenters. The molecule has 2 rings (SSSR count). The number of benzene rings is 2. The Labute approximate surface area is 133 Å². The van der Waals surface area contributed by atoms with Crippen LogP contribution in [0.4, 0.5) is 5.69 Å². The average Bonchev–Trinajstić information content (AvgIpc) is 2.53. The van der Waals surface area contributed by atoms with Crippen molar-refractivity contribution in [3.63, 3.8) is 0 Å².